The minimum atomic E-state index is 0.918. The minimum absolute atomic E-state index is 0.918. The molecule has 6 aromatic rings. The summed E-state index contributed by atoms with van der Waals surface area (Å²) < 4.78 is 6.32. The molecule has 2 heteroatoms. The Morgan fingerprint density at radius 1 is 0.548 bits per heavy atom. The zero-order valence-electron chi connectivity index (χ0n) is 17.2. The summed E-state index contributed by atoms with van der Waals surface area (Å²) in [6, 6.07) is 38.2. The number of nitrogens with zero attached hydrogens (tertiary/aromatic N) is 1. The SMILES string of the molecule is Cc1ccccc1N(c1ccccc1)c1cc2c3ccccc3oc2c2ccccc12. The first-order valence-electron chi connectivity index (χ1n) is 10.5. The fourth-order valence-electron chi connectivity index (χ4n) is 4.51. The van der Waals surface area contributed by atoms with Crippen LogP contribution in [0, 0.1) is 6.92 Å². The number of benzene rings is 5. The van der Waals surface area contributed by atoms with Crippen LogP contribution in [0.4, 0.5) is 17.1 Å². The number of rotatable bonds is 3. The Balaban J connectivity index is 1.76. The van der Waals surface area contributed by atoms with Crippen molar-refractivity contribution in [3.63, 3.8) is 0 Å². The molecule has 31 heavy (non-hydrogen) atoms. The first kappa shape index (κ1) is 17.8. The van der Waals surface area contributed by atoms with E-state index in [4.69, 9.17) is 4.42 Å². The molecule has 0 atom stereocenters. The summed E-state index contributed by atoms with van der Waals surface area (Å²) >= 11 is 0. The molecule has 0 fully saturated rings. The van der Waals surface area contributed by atoms with Crippen molar-refractivity contribution >= 4 is 49.8 Å². The van der Waals surface area contributed by atoms with Crippen molar-refractivity contribution in [1.29, 1.82) is 0 Å². The van der Waals surface area contributed by atoms with Gasteiger partial charge in [0.05, 0.1) is 5.69 Å². The van der Waals surface area contributed by atoms with Gasteiger partial charge in [-0.05, 0) is 42.8 Å². The van der Waals surface area contributed by atoms with Gasteiger partial charge in [0.15, 0.2) is 0 Å². The van der Waals surface area contributed by atoms with Crippen molar-refractivity contribution in [3.8, 4) is 0 Å². The van der Waals surface area contributed by atoms with Crippen molar-refractivity contribution in [3.05, 3.63) is 115 Å². The molecular weight excluding hydrogens is 378 g/mol. The molecule has 2 nitrogen and oxygen atoms in total. The van der Waals surface area contributed by atoms with E-state index in [0.29, 0.717) is 0 Å². The summed E-state index contributed by atoms with van der Waals surface area (Å²) in [5, 5.41) is 4.57. The number of aryl methyl sites for hydroxylation is 1. The summed E-state index contributed by atoms with van der Waals surface area (Å²) in [7, 11) is 0. The highest BCUT2D eigenvalue weighted by Gasteiger charge is 2.20. The summed E-state index contributed by atoms with van der Waals surface area (Å²) in [6.45, 7) is 2.17. The van der Waals surface area contributed by atoms with Crippen molar-refractivity contribution in [1.82, 2.24) is 0 Å². The van der Waals surface area contributed by atoms with Gasteiger partial charge < -0.3 is 9.32 Å². The predicted octanol–water partition coefficient (Wildman–Crippen LogP) is 8.52. The van der Waals surface area contributed by atoms with Crippen LogP contribution in [0.1, 0.15) is 5.56 Å². The summed E-state index contributed by atoms with van der Waals surface area (Å²) in [4.78, 5) is 2.36. The Morgan fingerprint density at radius 2 is 1.19 bits per heavy atom. The van der Waals surface area contributed by atoms with Gasteiger partial charge in [-0.3, -0.25) is 0 Å². The van der Waals surface area contributed by atoms with Crippen molar-refractivity contribution in [2.24, 2.45) is 0 Å². The average molecular weight is 399 g/mol. The Morgan fingerprint density at radius 3 is 2.00 bits per heavy atom. The highest BCUT2D eigenvalue weighted by Crippen LogP contribution is 2.44. The fourth-order valence-corrected chi connectivity index (χ4v) is 4.51. The van der Waals surface area contributed by atoms with E-state index < -0.39 is 0 Å². The molecule has 0 aliphatic carbocycles. The van der Waals surface area contributed by atoms with E-state index >= 15 is 0 Å². The molecule has 5 aromatic carbocycles. The third-order valence-corrected chi connectivity index (χ3v) is 5.97. The molecule has 148 valence electrons. The maximum absolute atomic E-state index is 6.32. The summed E-state index contributed by atoms with van der Waals surface area (Å²) in [5.41, 5.74) is 6.54. The van der Waals surface area contributed by atoms with Gasteiger partial charge in [-0.25, -0.2) is 0 Å². The van der Waals surface area contributed by atoms with E-state index in [-0.39, 0.29) is 0 Å². The quantitative estimate of drug-likeness (QED) is 0.296. The number of fused-ring (bicyclic) bond motifs is 5. The second-order valence-corrected chi connectivity index (χ2v) is 7.87. The van der Waals surface area contributed by atoms with Gasteiger partial charge in [0.1, 0.15) is 11.2 Å². The zero-order valence-corrected chi connectivity index (χ0v) is 17.2. The molecule has 0 aliphatic heterocycles. The topological polar surface area (TPSA) is 16.4 Å². The van der Waals surface area contributed by atoms with E-state index in [0.717, 1.165) is 38.7 Å². The highest BCUT2D eigenvalue weighted by molar-refractivity contribution is 6.19. The smallest absolute Gasteiger partial charge is 0.143 e. The highest BCUT2D eigenvalue weighted by atomic mass is 16.3. The lowest BCUT2D eigenvalue weighted by Crippen LogP contribution is -2.11. The molecule has 0 spiro atoms. The standard InChI is InChI=1S/C29H21NO/c1-20-11-5-9-17-26(20)30(21-12-3-2-4-13-21)27-19-25-23-15-8-10-18-28(23)31-29(25)24-16-7-6-14-22(24)27/h2-19H,1H3. The van der Waals surface area contributed by atoms with Crippen LogP contribution in [0.5, 0.6) is 0 Å². The van der Waals surface area contributed by atoms with Gasteiger partial charge in [-0.1, -0.05) is 78.9 Å². The van der Waals surface area contributed by atoms with Crippen LogP contribution in [0.2, 0.25) is 0 Å². The number of hydrogen-bond acceptors (Lipinski definition) is 2. The number of furan rings is 1. The molecule has 0 aliphatic rings. The molecular formula is C29H21NO. The van der Waals surface area contributed by atoms with E-state index in [1.807, 2.05) is 12.1 Å². The average Bonchev–Trinajstić information content (AvgIpc) is 3.20. The van der Waals surface area contributed by atoms with Crippen molar-refractivity contribution < 1.29 is 4.42 Å². The third-order valence-electron chi connectivity index (χ3n) is 5.97. The monoisotopic (exact) mass is 399 g/mol. The minimum Gasteiger partial charge on any atom is -0.455 e. The number of anilines is 3. The van der Waals surface area contributed by atoms with Crippen LogP contribution in [-0.2, 0) is 0 Å². The van der Waals surface area contributed by atoms with Crippen molar-refractivity contribution in [2.75, 3.05) is 4.90 Å². The van der Waals surface area contributed by atoms with Crippen molar-refractivity contribution in [2.45, 2.75) is 6.92 Å². The number of hydrogen-bond donors (Lipinski definition) is 0. The van der Waals surface area contributed by atoms with Crippen LogP contribution in [-0.4, -0.2) is 0 Å². The molecule has 6 rings (SSSR count). The van der Waals surface area contributed by atoms with Gasteiger partial charge >= 0.3 is 0 Å². The number of para-hydroxylation sites is 3. The Hall–Kier alpha value is -4.04. The Labute approximate surface area is 181 Å². The normalized spacial score (nSPS) is 11.4. The van der Waals surface area contributed by atoms with Gasteiger partial charge in [0, 0.05) is 32.9 Å². The predicted molar refractivity (Wildman–Crippen MR) is 131 cm³/mol. The van der Waals surface area contributed by atoms with Crippen LogP contribution in [0.3, 0.4) is 0 Å². The van der Waals surface area contributed by atoms with E-state index in [2.05, 4.69) is 109 Å². The van der Waals surface area contributed by atoms with Gasteiger partial charge in [0.2, 0.25) is 0 Å². The third kappa shape index (κ3) is 2.80. The maximum atomic E-state index is 6.32. The van der Waals surface area contributed by atoms with Crippen LogP contribution < -0.4 is 4.90 Å². The maximum Gasteiger partial charge on any atom is 0.143 e. The molecule has 0 radical (unpaired) electrons. The Bertz CT molecular complexity index is 1550. The lowest BCUT2D eigenvalue weighted by atomic mass is 10.0. The van der Waals surface area contributed by atoms with E-state index in [1.54, 1.807) is 0 Å². The van der Waals surface area contributed by atoms with Gasteiger partial charge in [-0.15, -0.1) is 0 Å². The van der Waals surface area contributed by atoms with Crippen LogP contribution >= 0.6 is 0 Å². The second kappa shape index (κ2) is 7.03. The lowest BCUT2D eigenvalue weighted by Gasteiger charge is -2.28. The van der Waals surface area contributed by atoms with E-state index in [1.165, 1.54) is 16.6 Å². The fraction of sp³-hybridized carbons (Fsp3) is 0.0345. The van der Waals surface area contributed by atoms with Gasteiger partial charge in [-0.2, -0.15) is 0 Å². The molecule has 0 N–H and O–H groups in total. The molecule has 0 saturated heterocycles. The molecule has 0 unspecified atom stereocenters. The molecule has 1 aromatic heterocycles. The van der Waals surface area contributed by atoms with E-state index in [9.17, 15) is 0 Å². The van der Waals surface area contributed by atoms with Crippen LogP contribution in [0.25, 0.3) is 32.7 Å². The molecule has 0 saturated carbocycles. The molecule has 0 amide bonds. The second-order valence-electron chi connectivity index (χ2n) is 7.87. The molecule has 0 bridgehead atoms. The summed E-state index contributed by atoms with van der Waals surface area (Å²) in [5.74, 6) is 0. The van der Waals surface area contributed by atoms with Crippen LogP contribution in [0.15, 0.2) is 114 Å². The summed E-state index contributed by atoms with van der Waals surface area (Å²) in [6.07, 6.45) is 0. The van der Waals surface area contributed by atoms with Gasteiger partial charge in [0.25, 0.3) is 0 Å². The first-order chi connectivity index (χ1) is 15.3. The largest absolute Gasteiger partial charge is 0.455 e. The zero-order chi connectivity index (χ0) is 20.8. The molecule has 1 heterocycles. The first-order valence-corrected chi connectivity index (χ1v) is 10.5. The Kier molecular flexibility index (Phi) is 4.03. The lowest BCUT2D eigenvalue weighted by molar-refractivity contribution is 0.672.